The van der Waals surface area contributed by atoms with Gasteiger partial charge in [0.15, 0.2) is 0 Å². The minimum absolute atomic E-state index is 0.196. The molecule has 0 radical (unpaired) electrons. The van der Waals surface area contributed by atoms with Crippen LogP contribution in [0.5, 0.6) is 0 Å². The first-order valence-corrected chi connectivity index (χ1v) is 6.03. The minimum atomic E-state index is -0.196. The summed E-state index contributed by atoms with van der Waals surface area (Å²) in [5, 5.41) is 0.793. The van der Waals surface area contributed by atoms with Crippen molar-refractivity contribution >= 4 is 11.6 Å². The maximum Gasteiger partial charge on any atom is 0.123 e. The average Bonchev–Trinajstić information content (AvgIpc) is 2.33. The fraction of sp³-hybridized carbons (Fsp3) is 0.200. The zero-order valence-corrected chi connectivity index (χ0v) is 10.4. The van der Waals surface area contributed by atoms with E-state index in [0.717, 1.165) is 22.6 Å². The predicted molar refractivity (Wildman–Crippen MR) is 70.0 cm³/mol. The van der Waals surface area contributed by atoms with Gasteiger partial charge in [0.05, 0.1) is 0 Å². The molecule has 0 bridgehead atoms. The van der Waals surface area contributed by atoms with Gasteiger partial charge in [0.1, 0.15) is 5.82 Å². The fourth-order valence-electron chi connectivity index (χ4n) is 1.90. The summed E-state index contributed by atoms with van der Waals surface area (Å²) in [4.78, 5) is 0. The van der Waals surface area contributed by atoms with Crippen LogP contribution < -0.4 is 0 Å². The number of rotatable bonds is 3. The van der Waals surface area contributed by atoms with Crippen molar-refractivity contribution in [3.05, 3.63) is 70.5 Å². The van der Waals surface area contributed by atoms with E-state index in [0.29, 0.717) is 5.92 Å². The van der Waals surface area contributed by atoms with Gasteiger partial charge in [0.2, 0.25) is 0 Å². The van der Waals surface area contributed by atoms with Crippen molar-refractivity contribution in [3.63, 3.8) is 0 Å². The summed E-state index contributed by atoms with van der Waals surface area (Å²) in [7, 11) is 0. The Bertz CT molecular complexity index is 491. The molecule has 0 spiro atoms. The third-order valence-corrected chi connectivity index (χ3v) is 3.29. The van der Waals surface area contributed by atoms with Crippen molar-refractivity contribution in [2.75, 3.05) is 0 Å². The average molecular weight is 249 g/mol. The van der Waals surface area contributed by atoms with Gasteiger partial charge >= 0.3 is 0 Å². The van der Waals surface area contributed by atoms with E-state index in [2.05, 4.69) is 6.92 Å². The van der Waals surface area contributed by atoms with E-state index in [1.165, 1.54) is 12.1 Å². The molecule has 0 nitrogen and oxygen atoms in total. The lowest BCUT2D eigenvalue weighted by molar-refractivity contribution is 0.625. The van der Waals surface area contributed by atoms with Crippen LogP contribution in [0.25, 0.3) is 0 Å². The van der Waals surface area contributed by atoms with Crippen LogP contribution in [0, 0.1) is 5.82 Å². The van der Waals surface area contributed by atoms with E-state index in [9.17, 15) is 4.39 Å². The Morgan fingerprint density at radius 1 is 1.06 bits per heavy atom. The monoisotopic (exact) mass is 248 g/mol. The zero-order chi connectivity index (χ0) is 12.3. The molecule has 88 valence electrons. The normalized spacial score (nSPS) is 12.4. The van der Waals surface area contributed by atoms with Gasteiger partial charge in [-0.2, -0.15) is 0 Å². The molecule has 1 unspecified atom stereocenters. The smallest absolute Gasteiger partial charge is 0.123 e. The first-order chi connectivity index (χ1) is 8.16. The molecule has 0 saturated heterocycles. The Kier molecular flexibility index (Phi) is 3.80. The Hall–Kier alpha value is -1.34. The largest absolute Gasteiger partial charge is 0.207 e. The molecule has 0 aliphatic carbocycles. The molecule has 2 heteroatoms. The third kappa shape index (κ3) is 3.07. The highest BCUT2D eigenvalue weighted by Gasteiger charge is 2.08. The molecule has 2 aromatic carbocycles. The molecule has 0 aromatic heterocycles. The molecule has 0 saturated carbocycles. The predicted octanol–water partition coefficient (Wildman–Crippen LogP) is 4.83. The van der Waals surface area contributed by atoms with E-state index >= 15 is 0 Å². The molecular formula is C15H14ClF. The molecule has 0 aliphatic rings. The summed E-state index contributed by atoms with van der Waals surface area (Å²) in [6, 6.07) is 14.5. The topological polar surface area (TPSA) is 0 Å². The van der Waals surface area contributed by atoms with Gasteiger partial charge < -0.3 is 0 Å². The number of benzene rings is 2. The lowest BCUT2D eigenvalue weighted by Crippen LogP contribution is -1.99. The zero-order valence-electron chi connectivity index (χ0n) is 9.66. The molecule has 17 heavy (non-hydrogen) atoms. The second kappa shape index (κ2) is 5.33. The SMILES string of the molecule is CC(Cc1ccccc1Cl)c1ccc(F)cc1. The summed E-state index contributed by atoms with van der Waals surface area (Å²) in [5.41, 5.74) is 2.26. The van der Waals surface area contributed by atoms with Gasteiger partial charge in [-0.3, -0.25) is 0 Å². The summed E-state index contributed by atoms with van der Waals surface area (Å²) in [6.45, 7) is 2.12. The van der Waals surface area contributed by atoms with E-state index in [1.807, 2.05) is 36.4 Å². The van der Waals surface area contributed by atoms with Crippen molar-refractivity contribution in [3.8, 4) is 0 Å². The number of hydrogen-bond donors (Lipinski definition) is 0. The van der Waals surface area contributed by atoms with Gasteiger partial charge in [0, 0.05) is 5.02 Å². The van der Waals surface area contributed by atoms with Crippen molar-refractivity contribution in [1.82, 2.24) is 0 Å². The van der Waals surface area contributed by atoms with Gasteiger partial charge in [-0.15, -0.1) is 0 Å². The van der Waals surface area contributed by atoms with Crippen LogP contribution in [-0.2, 0) is 6.42 Å². The van der Waals surface area contributed by atoms with Crippen LogP contribution in [0.15, 0.2) is 48.5 Å². The van der Waals surface area contributed by atoms with Crippen LogP contribution in [0.1, 0.15) is 24.0 Å². The van der Waals surface area contributed by atoms with Crippen LogP contribution in [0.2, 0.25) is 5.02 Å². The van der Waals surface area contributed by atoms with Crippen molar-refractivity contribution in [1.29, 1.82) is 0 Å². The van der Waals surface area contributed by atoms with E-state index in [1.54, 1.807) is 0 Å². The Labute approximate surface area is 106 Å². The molecule has 1 atom stereocenters. The van der Waals surface area contributed by atoms with Crippen LogP contribution in [0.4, 0.5) is 4.39 Å². The Morgan fingerprint density at radius 3 is 2.35 bits per heavy atom. The van der Waals surface area contributed by atoms with Crippen molar-refractivity contribution in [2.45, 2.75) is 19.3 Å². The number of halogens is 2. The van der Waals surface area contributed by atoms with Crippen molar-refractivity contribution in [2.24, 2.45) is 0 Å². The second-order valence-corrected chi connectivity index (χ2v) is 4.66. The van der Waals surface area contributed by atoms with Gasteiger partial charge in [-0.25, -0.2) is 4.39 Å². The van der Waals surface area contributed by atoms with Crippen LogP contribution in [0.3, 0.4) is 0 Å². The third-order valence-electron chi connectivity index (χ3n) is 2.92. The van der Waals surface area contributed by atoms with E-state index < -0.39 is 0 Å². The van der Waals surface area contributed by atoms with Gasteiger partial charge in [-0.1, -0.05) is 48.9 Å². The standard InChI is InChI=1S/C15H14ClF/c1-11(12-6-8-14(17)9-7-12)10-13-4-2-3-5-15(13)16/h2-9,11H,10H2,1H3. The molecule has 0 aliphatic heterocycles. The maximum atomic E-state index is 12.8. The first-order valence-electron chi connectivity index (χ1n) is 5.65. The summed E-state index contributed by atoms with van der Waals surface area (Å²) >= 11 is 6.12. The van der Waals surface area contributed by atoms with Gasteiger partial charge in [0.25, 0.3) is 0 Å². The lowest BCUT2D eigenvalue weighted by Gasteiger charge is -2.13. The quantitative estimate of drug-likeness (QED) is 0.730. The molecule has 0 heterocycles. The first kappa shape index (κ1) is 12.1. The highest BCUT2D eigenvalue weighted by molar-refractivity contribution is 6.31. The lowest BCUT2D eigenvalue weighted by atomic mass is 9.94. The highest BCUT2D eigenvalue weighted by Crippen LogP contribution is 2.24. The second-order valence-electron chi connectivity index (χ2n) is 4.25. The Balaban J connectivity index is 2.14. The minimum Gasteiger partial charge on any atom is -0.207 e. The summed E-state index contributed by atoms with van der Waals surface area (Å²) in [5.74, 6) is 0.134. The molecule has 0 amide bonds. The van der Waals surface area contributed by atoms with Crippen LogP contribution in [-0.4, -0.2) is 0 Å². The van der Waals surface area contributed by atoms with Gasteiger partial charge in [-0.05, 0) is 41.7 Å². The highest BCUT2D eigenvalue weighted by atomic mass is 35.5. The fourth-order valence-corrected chi connectivity index (χ4v) is 2.12. The molecule has 2 aromatic rings. The molecular weight excluding hydrogens is 235 g/mol. The summed E-state index contributed by atoms with van der Waals surface area (Å²) in [6.07, 6.45) is 0.866. The van der Waals surface area contributed by atoms with Crippen molar-refractivity contribution < 1.29 is 4.39 Å². The Morgan fingerprint density at radius 2 is 1.71 bits per heavy atom. The summed E-state index contributed by atoms with van der Waals surface area (Å²) < 4.78 is 12.8. The van der Waals surface area contributed by atoms with Crippen LogP contribution >= 0.6 is 11.6 Å². The van der Waals surface area contributed by atoms with E-state index in [-0.39, 0.29) is 5.82 Å². The molecule has 0 N–H and O–H groups in total. The van der Waals surface area contributed by atoms with E-state index in [4.69, 9.17) is 11.6 Å². The molecule has 2 rings (SSSR count). The maximum absolute atomic E-state index is 12.8. The molecule has 0 fully saturated rings. The number of hydrogen-bond acceptors (Lipinski definition) is 0.